The van der Waals surface area contributed by atoms with E-state index >= 15 is 0 Å². The predicted molar refractivity (Wildman–Crippen MR) is 135 cm³/mol. The second-order valence-corrected chi connectivity index (χ2v) is 9.86. The number of halogens is 2. The second-order valence-electron chi connectivity index (χ2n) is 9.05. The largest absolute Gasteiger partial charge is 0.496 e. The molecule has 34 heavy (non-hydrogen) atoms. The summed E-state index contributed by atoms with van der Waals surface area (Å²) in [7, 11) is 1.73. The van der Waals surface area contributed by atoms with E-state index in [0.717, 1.165) is 38.1 Å². The lowest BCUT2D eigenvalue weighted by molar-refractivity contribution is -0.131. The van der Waals surface area contributed by atoms with E-state index in [1.807, 2.05) is 17.0 Å². The van der Waals surface area contributed by atoms with E-state index in [9.17, 15) is 9.59 Å². The Labute approximate surface area is 211 Å². The summed E-state index contributed by atoms with van der Waals surface area (Å²) in [6.45, 7) is 4.80. The van der Waals surface area contributed by atoms with Crippen molar-refractivity contribution < 1.29 is 14.3 Å². The molecule has 2 aromatic rings. The van der Waals surface area contributed by atoms with Gasteiger partial charge in [0.1, 0.15) is 5.75 Å². The molecule has 2 aromatic carbocycles. The molecule has 2 heterocycles. The summed E-state index contributed by atoms with van der Waals surface area (Å²) in [6.07, 6.45) is 3.11. The van der Waals surface area contributed by atoms with Gasteiger partial charge in [-0.2, -0.15) is 0 Å². The molecule has 6 nitrogen and oxygen atoms in total. The highest BCUT2D eigenvalue weighted by Gasteiger charge is 2.38. The number of benzene rings is 2. The molecule has 2 atom stereocenters. The number of methoxy groups -OCH3 is 1. The quantitative estimate of drug-likeness (QED) is 0.625. The highest BCUT2D eigenvalue weighted by Crippen LogP contribution is 2.36. The Bertz CT molecular complexity index is 1040. The summed E-state index contributed by atoms with van der Waals surface area (Å²) in [5.74, 6) is 1.06. The van der Waals surface area contributed by atoms with Gasteiger partial charge in [0.05, 0.1) is 23.7 Å². The molecule has 0 radical (unpaired) electrons. The highest BCUT2D eigenvalue weighted by atomic mass is 35.5. The molecule has 2 aliphatic rings. The third-order valence-electron chi connectivity index (χ3n) is 7.19. The van der Waals surface area contributed by atoms with E-state index in [1.54, 1.807) is 19.2 Å². The fourth-order valence-corrected chi connectivity index (χ4v) is 5.60. The Balaban J connectivity index is 1.28. The molecule has 2 saturated heterocycles. The number of ether oxygens (including phenoxy) is 1. The lowest BCUT2D eigenvalue weighted by Gasteiger charge is -2.39. The zero-order valence-electron chi connectivity index (χ0n) is 19.6. The topological polar surface area (TPSA) is 61.9 Å². The Hall–Kier alpha value is -2.28. The highest BCUT2D eigenvalue weighted by molar-refractivity contribution is 6.42. The van der Waals surface area contributed by atoms with Crippen LogP contribution in [0.4, 0.5) is 0 Å². The van der Waals surface area contributed by atoms with Crippen molar-refractivity contribution in [3.8, 4) is 5.75 Å². The van der Waals surface area contributed by atoms with E-state index in [2.05, 4.69) is 29.3 Å². The van der Waals surface area contributed by atoms with Gasteiger partial charge in [-0.05, 0) is 75.0 Å². The summed E-state index contributed by atoms with van der Waals surface area (Å²) in [4.78, 5) is 29.7. The Morgan fingerprint density at radius 3 is 2.47 bits per heavy atom. The zero-order chi connectivity index (χ0) is 24.2. The lowest BCUT2D eigenvalue weighted by atomic mass is 9.88. The van der Waals surface area contributed by atoms with Crippen molar-refractivity contribution in [2.45, 2.75) is 44.2 Å². The monoisotopic (exact) mass is 503 g/mol. The van der Waals surface area contributed by atoms with Crippen LogP contribution in [0.25, 0.3) is 0 Å². The number of likely N-dealkylation sites (tertiary alicyclic amines) is 2. The number of nitrogens with zero attached hydrogens (tertiary/aromatic N) is 2. The van der Waals surface area contributed by atoms with Crippen LogP contribution in [0.1, 0.15) is 48.0 Å². The number of hydrogen-bond donors (Lipinski definition) is 1. The van der Waals surface area contributed by atoms with Crippen molar-refractivity contribution in [3.63, 3.8) is 0 Å². The van der Waals surface area contributed by atoms with Gasteiger partial charge >= 0.3 is 0 Å². The average molecular weight is 504 g/mol. The first-order valence-electron chi connectivity index (χ1n) is 11.8. The van der Waals surface area contributed by atoms with Gasteiger partial charge < -0.3 is 15.0 Å². The van der Waals surface area contributed by atoms with Gasteiger partial charge in [-0.15, -0.1) is 0 Å². The first-order valence-corrected chi connectivity index (χ1v) is 12.5. The summed E-state index contributed by atoms with van der Waals surface area (Å²) in [6, 6.07) is 13.4. The Kier molecular flexibility index (Phi) is 8.02. The van der Waals surface area contributed by atoms with Crippen LogP contribution < -0.4 is 10.1 Å². The number of amides is 2. The standard InChI is InChI=1S/C26H31Cl2N3O3/c1-17-23(30-12-9-18(10-13-30)20-5-3-4-6-24(20)34-2)11-14-31(17)25(32)16-29-26(33)19-7-8-21(27)22(28)15-19/h3-8,15,17-18,23H,9-14,16H2,1-2H3,(H,29,33)/t17-,23-/m1/s1. The van der Waals surface area contributed by atoms with Gasteiger partial charge in [0.25, 0.3) is 5.91 Å². The first kappa shape index (κ1) is 24.8. The zero-order valence-corrected chi connectivity index (χ0v) is 21.1. The van der Waals surface area contributed by atoms with Crippen molar-refractivity contribution in [1.29, 1.82) is 0 Å². The van der Waals surface area contributed by atoms with Crippen molar-refractivity contribution in [2.24, 2.45) is 0 Å². The van der Waals surface area contributed by atoms with Crippen LogP contribution in [-0.2, 0) is 4.79 Å². The molecule has 2 aliphatic heterocycles. The van der Waals surface area contributed by atoms with Crippen LogP contribution >= 0.6 is 23.2 Å². The molecule has 0 unspecified atom stereocenters. The number of carbonyl (C=O) groups excluding carboxylic acids is 2. The smallest absolute Gasteiger partial charge is 0.251 e. The molecule has 1 N–H and O–H groups in total. The summed E-state index contributed by atoms with van der Waals surface area (Å²) in [5.41, 5.74) is 1.67. The molecule has 4 rings (SSSR count). The number of nitrogens with one attached hydrogen (secondary N) is 1. The molecule has 0 bridgehead atoms. The molecule has 2 amide bonds. The fraction of sp³-hybridized carbons (Fsp3) is 0.462. The molecule has 0 aliphatic carbocycles. The molecular formula is C26H31Cl2N3O3. The van der Waals surface area contributed by atoms with Gasteiger partial charge in [0.15, 0.2) is 0 Å². The predicted octanol–water partition coefficient (Wildman–Crippen LogP) is 4.60. The molecule has 182 valence electrons. The average Bonchev–Trinajstić information content (AvgIpc) is 3.25. The van der Waals surface area contributed by atoms with Gasteiger partial charge in [-0.25, -0.2) is 0 Å². The number of para-hydroxylation sites is 1. The summed E-state index contributed by atoms with van der Waals surface area (Å²) < 4.78 is 5.56. The first-order chi connectivity index (χ1) is 16.4. The van der Waals surface area contributed by atoms with Crippen LogP contribution in [0.3, 0.4) is 0 Å². The van der Waals surface area contributed by atoms with Crippen LogP contribution in [-0.4, -0.2) is 67.0 Å². The van der Waals surface area contributed by atoms with Crippen molar-refractivity contribution in [1.82, 2.24) is 15.1 Å². The van der Waals surface area contributed by atoms with Crippen molar-refractivity contribution in [2.75, 3.05) is 33.3 Å². The van der Waals surface area contributed by atoms with Crippen LogP contribution in [0.15, 0.2) is 42.5 Å². The van der Waals surface area contributed by atoms with Gasteiger partial charge in [0.2, 0.25) is 5.91 Å². The lowest BCUT2D eigenvalue weighted by Crippen LogP contribution is -2.49. The molecule has 8 heteroatoms. The third-order valence-corrected chi connectivity index (χ3v) is 7.93. The van der Waals surface area contributed by atoms with E-state index in [4.69, 9.17) is 27.9 Å². The van der Waals surface area contributed by atoms with Gasteiger partial charge in [-0.1, -0.05) is 41.4 Å². The van der Waals surface area contributed by atoms with Crippen LogP contribution in [0, 0.1) is 0 Å². The van der Waals surface area contributed by atoms with Crippen LogP contribution in [0.5, 0.6) is 5.75 Å². The van der Waals surface area contributed by atoms with E-state index in [-0.39, 0.29) is 24.4 Å². The summed E-state index contributed by atoms with van der Waals surface area (Å²) in [5, 5.41) is 3.41. The molecule has 0 spiro atoms. The van der Waals surface area contributed by atoms with Crippen molar-refractivity contribution in [3.05, 3.63) is 63.6 Å². The maximum absolute atomic E-state index is 12.9. The maximum atomic E-state index is 12.9. The second kappa shape index (κ2) is 11.0. The molecule has 0 saturated carbocycles. The third kappa shape index (κ3) is 5.35. The Morgan fingerprint density at radius 2 is 1.76 bits per heavy atom. The van der Waals surface area contributed by atoms with Crippen LogP contribution in [0.2, 0.25) is 10.0 Å². The van der Waals surface area contributed by atoms with Crippen molar-refractivity contribution >= 4 is 35.0 Å². The number of hydrogen-bond acceptors (Lipinski definition) is 4. The SMILES string of the molecule is COc1ccccc1C1CCN([C@@H]2CCN(C(=O)CNC(=O)c3ccc(Cl)c(Cl)c3)[C@@H]2C)CC1. The summed E-state index contributed by atoms with van der Waals surface area (Å²) >= 11 is 11.9. The number of carbonyl (C=O) groups is 2. The number of rotatable bonds is 6. The van der Waals surface area contributed by atoms with E-state index in [1.165, 1.54) is 11.6 Å². The van der Waals surface area contributed by atoms with Gasteiger partial charge in [-0.3, -0.25) is 14.5 Å². The fourth-order valence-electron chi connectivity index (χ4n) is 5.31. The Morgan fingerprint density at radius 1 is 1.03 bits per heavy atom. The minimum absolute atomic E-state index is 0.0357. The molecule has 0 aromatic heterocycles. The number of piperidine rings is 1. The van der Waals surface area contributed by atoms with Gasteiger partial charge in [0, 0.05) is 24.2 Å². The molecule has 2 fully saturated rings. The molecular weight excluding hydrogens is 473 g/mol. The normalized spacial score (nSPS) is 21.5. The minimum atomic E-state index is -0.339. The van der Waals surface area contributed by atoms with E-state index in [0.29, 0.717) is 34.1 Å². The van der Waals surface area contributed by atoms with E-state index < -0.39 is 0 Å². The minimum Gasteiger partial charge on any atom is -0.496 e. The maximum Gasteiger partial charge on any atom is 0.251 e.